The molecule has 1 aliphatic rings. The number of hydrogen-bond acceptors (Lipinski definition) is 4. The molecule has 0 unspecified atom stereocenters. The van der Waals surface area contributed by atoms with Crippen LogP contribution in [-0.4, -0.2) is 12.0 Å². The first-order valence-corrected chi connectivity index (χ1v) is 8.24. The molecule has 3 N–H and O–H groups in total. The maximum Gasteiger partial charge on any atom is 0.275 e. The first-order valence-electron chi connectivity index (χ1n) is 7.42. The second-order valence-electron chi connectivity index (χ2n) is 5.45. The summed E-state index contributed by atoms with van der Waals surface area (Å²) in [6.45, 7) is 0.484. The molecule has 1 heterocycles. The van der Waals surface area contributed by atoms with Crippen LogP contribution >= 0.6 is 11.3 Å². The molecule has 1 aliphatic carbocycles. The molecular weight excluding hydrogens is 284 g/mol. The van der Waals surface area contributed by atoms with Gasteiger partial charge in [-0.05, 0) is 24.3 Å². The Labute approximate surface area is 128 Å². The number of nitrogens with two attached hydrogens (primary N) is 1. The van der Waals surface area contributed by atoms with Gasteiger partial charge in [0.2, 0.25) is 0 Å². The Morgan fingerprint density at radius 1 is 1.29 bits per heavy atom. The van der Waals surface area contributed by atoms with Gasteiger partial charge in [-0.3, -0.25) is 10.2 Å². The van der Waals surface area contributed by atoms with Gasteiger partial charge in [0.1, 0.15) is 0 Å². The van der Waals surface area contributed by atoms with Crippen molar-refractivity contribution in [2.45, 2.75) is 44.8 Å². The van der Waals surface area contributed by atoms with Crippen molar-refractivity contribution in [2.75, 3.05) is 0 Å². The van der Waals surface area contributed by atoms with Gasteiger partial charge in [0.15, 0.2) is 0 Å². The van der Waals surface area contributed by atoms with Gasteiger partial charge >= 0.3 is 0 Å². The smallest absolute Gasteiger partial charge is 0.275 e. The maximum absolute atomic E-state index is 12.0. The van der Waals surface area contributed by atoms with Crippen LogP contribution < -0.4 is 11.3 Å². The van der Waals surface area contributed by atoms with E-state index in [1.165, 1.54) is 30.6 Å². The monoisotopic (exact) mass is 304 g/mol. The number of nitrogens with one attached hydrogen (secondary N) is 1. The van der Waals surface area contributed by atoms with Crippen LogP contribution in [0.4, 0.5) is 0 Å². The highest BCUT2D eigenvalue weighted by molar-refractivity contribution is 7.21. The molecule has 0 atom stereocenters. The zero-order chi connectivity index (χ0) is 14.7. The van der Waals surface area contributed by atoms with Crippen LogP contribution in [-0.2, 0) is 11.3 Å². The average molecular weight is 304 g/mol. The molecule has 1 fully saturated rings. The summed E-state index contributed by atoms with van der Waals surface area (Å²) in [6.07, 6.45) is 6.37. The molecule has 21 heavy (non-hydrogen) atoms. The van der Waals surface area contributed by atoms with Crippen molar-refractivity contribution in [1.29, 1.82) is 0 Å². The fourth-order valence-electron chi connectivity index (χ4n) is 2.92. The lowest BCUT2D eigenvalue weighted by molar-refractivity contribution is 0.0172. The highest BCUT2D eigenvalue weighted by Gasteiger charge is 2.20. The summed E-state index contributed by atoms with van der Waals surface area (Å²) in [4.78, 5) is 12.6. The molecule has 0 saturated heterocycles. The van der Waals surface area contributed by atoms with Crippen LogP contribution in [0.25, 0.3) is 10.1 Å². The van der Waals surface area contributed by atoms with Crippen molar-refractivity contribution in [3.63, 3.8) is 0 Å². The minimum absolute atomic E-state index is 0.238. The van der Waals surface area contributed by atoms with Crippen molar-refractivity contribution in [1.82, 2.24) is 5.43 Å². The average Bonchev–Trinajstić information content (AvgIpc) is 2.92. The maximum atomic E-state index is 12.0. The molecule has 3 rings (SSSR count). The van der Waals surface area contributed by atoms with Crippen LogP contribution in [0.5, 0.6) is 0 Å². The Hall–Kier alpha value is -1.43. The van der Waals surface area contributed by atoms with E-state index in [0.717, 1.165) is 28.5 Å². The minimum atomic E-state index is -0.238. The molecular formula is C16H20N2O2S. The summed E-state index contributed by atoms with van der Waals surface area (Å²) in [6, 6.07) is 8.04. The SMILES string of the molecule is NNC(=O)c1sc2ccccc2c1COC1CCCCC1. The van der Waals surface area contributed by atoms with Gasteiger partial charge in [-0.15, -0.1) is 11.3 Å². The Bertz CT molecular complexity index is 632. The van der Waals surface area contributed by atoms with Crippen LogP contribution in [0.2, 0.25) is 0 Å². The molecule has 4 nitrogen and oxygen atoms in total. The fraction of sp³-hybridized carbons (Fsp3) is 0.438. The van der Waals surface area contributed by atoms with E-state index in [1.807, 2.05) is 24.3 Å². The van der Waals surface area contributed by atoms with Gasteiger partial charge in [0.25, 0.3) is 5.91 Å². The third-order valence-electron chi connectivity index (χ3n) is 4.05. The first-order chi connectivity index (χ1) is 10.3. The van der Waals surface area contributed by atoms with Crippen molar-refractivity contribution in [3.05, 3.63) is 34.7 Å². The van der Waals surface area contributed by atoms with Gasteiger partial charge < -0.3 is 4.74 Å². The van der Waals surface area contributed by atoms with Crippen molar-refractivity contribution >= 4 is 27.3 Å². The molecule has 0 aliphatic heterocycles. The molecule has 1 aromatic heterocycles. The topological polar surface area (TPSA) is 64.3 Å². The first kappa shape index (κ1) is 14.5. The number of hydrazine groups is 1. The van der Waals surface area contributed by atoms with Crippen LogP contribution in [0.1, 0.15) is 47.3 Å². The lowest BCUT2D eigenvalue weighted by atomic mass is 9.98. The van der Waals surface area contributed by atoms with E-state index in [0.29, 0.717) is 17.6 Å². The molecule has 1 saturated carbocycles. The Kier molecular flexibility index (Phi) is 4.53. The van der Waals surface area contributed by atoms with Crippen molar-refractivity contribution < 1.29 is 9.53 Å². The zero-order valence-corrected chi connectivity index (χ0v) is 12.7. The molecule has 1 amide bonds. The molecule has 5 heteroatoms. The van der Waals surface area contributed by atoms with E-state index in [1.54, 1.807) is 0 Å². The summed E-state index contributed by atoms with van der Waals surface area (Å²) < 4.78 is 7.15. The van der Waals surface area contributed by atoms with Crippen LogP contribution in [0.3, 0.4) is 0 Å². The number of ether oxygens (including phenoxy) is 1. The highest BCUT2D eigenvalue weighted by Crippen LogP contribution is 2.32. The second-order valence-corrected chi connectivity index (χ2v) is 6.50. The number of amides is 1. The predicted molar refractivity (Wildman–Crippen MR) is 85.1 cm³/mol. The third kappa shape index (κ3) is 3.10. The summed E-state index contributed by atoms with van der Waals surface area (Å²) in [5.74, 6) is 5.06. The van der Waals surface area contributed by atoms with E-state index < -0.39 is 0 Å². The molecule has 0 spiro atoms. The van der Waals surface area contributed by atoms with Gasteiger partial charge in [-0.2, -0.15) is 0 Å². The van der Waals surface area contributed by atoms with Gasteiger partial charge in [-0.25, -0.2) is 5.84 Å². The number of carbonyl (C=O) groups is 1. The van der Waals surface area contributed by atoms with E-state index in [9.17, 15) is 4.79 Å². The second kappa shape index (κ2) is 6.56. The van der Waals surface area contributed by atoms with E-state index in [-0.39, 0.29) is 5.91 Å². The molecule has 1 aromatic carbocycles. The van der Waals surface area contributed by atoms with E-state index >= 15 is 0 Å². The van der Waals surface area contributed by atoms with Gasteiger partial charge in [0, 0.05) is 10.3 Å². The largest absolute Gasteiger partial charge is 0.373 e. The Balaban J connectivity index is 1.85. The Morgan fingerprint density at radius 3 is 2.81 bits per heavy atom. The third-order valence-corrected chi connectivity index (χ3v) is 5.26. The normalized spacial score (nSPS) is 16.2. The number of carbonyl (C=O) groups excluding carboxylic acids is 1. The van der Waals surface area contributed by atoms with Crippen molar-refractivity contribution in [3.8, 4) is 0 Å². The van der Waals surface area contributed by atoms with Crippen LogP contribution in [0.15, 0.2) is 24.3 Å². The molecule has 0 bridgehead atoms. The molecule has 112 valence electrons. The lowest BCUT2D eigenvalue weighted by Gasteiger charge is -2.22. The minimum Gasteiger partial charge on any atom is -0.373 e. The molecule has 2 aromatic rings. The predicted octanol–water partition coefficient (Wildman–Crippen LogP) is 3.35. The van der Waals surface area contributed by atoms with Crippen LogP contribution in [0, 0.1) is 0 Å². The summed E-state index contributed by atoms with van der Waals surface area (Å²) in [5.41, 5.74) is 3.20. The highest BCUT2D eigenvalue weighted by atomic mass is 32.1. The lowest BCUT2D eigenvalue weighted by Crippen LogP contribution is -2.30. The number of benzene rings is 1. The summed E-state index contributed by atoms with van der Waals surface area (Å²) in [5, 5.41) is 1.09. The standard InChI is InChI=1S/C16H20N2O2S/c17-18-16(19)15-13(10-20-11-6-2-1-3-7-11)12-8-4-5-9-14(12)21-15/h4-5,8-9,11H,1-3,6-7,10,17H2,(H,18,19). The van der Waals surface area contributed by atoms with E-state index in [2.05, 4.69) is 5.43 Å². The Morgan fingerprint density at radius 2 is 2.05 bits per heavy atom. The van der Waals surface area contributed by atoms with Gasteiger partial charge in [0.05, 0.1) is 17.6 Å². The number of fused-ring (bicyclic) bond motifs is 1. The van der Waals surface area contributed by atoms with E-state index in [4.69, 9.17) is 10.6 Å². The zero-order valence-electron chi connectivity index (χ0n) is 11.9. The number of hydrogen-bond donors (Lipinski definition) is 2. The number of nitrogen functional groups attached to an aromatic ring is 1. The quantitative estimate of drug-likeness (QED) is 0.517. The number of rotatable bonds is 4. The number of thiophene rings is 1. The summed E-state index contributed by atoms with van der Waals surface area (Å²) >= 11 is 1.47. The fourth-order valence-corrected chi connectivity index (χ4v) is 4.04. The molecule has 0 radical (unpaired) electrons. The van der Waals surface area contributed by atoms with Gasteiger partial charge in [-0.1, -0.05) is 37.5 Å². The summed E-state index contributed by atoms with van der Waals surface area (Å²) in [7, 11) is 0. The van der Waals surface area contributed by atoms with Crippen molar-refractivity contribution in [2.24, 2.45) is 5.84 Å².